The van der Waals surface area contributed by atoms with Crippen molar-refractivity contribution in [1.29, 1.82) is 0 Å². The summed E-state index contributed by atoms with van der Waals surface area (Å²) in [5.41, 5.74) is 3.20. The van der Waals surface area contributed by atoms with Crippen LogP contribution in [0.3, 0.4) is 0 Å². The molecule has 0 atom stereocenters. The molecule has 0 saturated carbocycles. The molecule has 1 saturated heterocycles. The second-order valence-corrected chi connectivity index (χ2v) is 11.3. The first-order valence-corrected chi connectivity index (χ1v) is 13.9. The summed E-state index contributed by atoms with van der Waals surface area (Å²) in [6, 6.07) is 8.71. The second kappa shape index (κ2) is 10.7. The molecule has 2 amide bonds. The van der Waals surface area contributed by atoms with Crippen LogP contribution in [-0.2, 0) is 19.6 Å². The third kappa shape index (κ3) is 5.30. The van der Waals surface area contributed by atoms with Crippen LogP contribution < -0.4 is 20.3 Å². The molecule has 9 nitrogen and oxygen atoms in total. The first kappa shape index (κ1) is 26.2. The second-order valence-electron chi connectivity index (χ2n) is 8.95. The molecule has 2 aliphatic rings. The number of fused-ring (bicyclic) bond motifs is 1. The van der Waals surface area contributed by atoms with Gasteiger partial charge in [-0.05, 0) is 63.4 Å². The molecule has 2 aromatic carbocycles. The summed E-state index contributed by atoms with van der Waals surface area (Å²) in [5, 5.41) is 5.63. The van der Waals surface area contributed by atoms with Crippen LogP contribution in [0.15, 0.2) is 35.2 Å². The Balaban J connectivity index is 1.41. The van der Waals surface area contributed by atoms with Crippen LogP contribution in [0.25, 0.3) is 0 Å². The predicted octanol–water partition coefficient (Wildman–Crippen LogP) is 3.86. The topological polar surface area (TPSA) is 108 Å². The van der Waals surface area contributed by atoms with Crippen LogP contribution in [0.1, 0.15) is 32.3 Å². The van der Waals surface area contributed by atoms with Crippen LogP contribution in [0, 0.1) is 12.8 Å². The van der Waals surface area contributed by atoms with Crippen molar-refractivity contribution in [3.05, 3.63) is 40.9 Å². The van der Waals surface area contributed by atoms with Crippen molar-refractivity contribution in [2.24, 2.45) is 5.92 Å². The number of aryl methyl sites for hydroxylation is 1. The monoisotopic (exact) mass is 534 g/mol. The summed E-state index contributed by atoms with van der Waals surface area (Å²) in [7, 11) is -3.90. The van der Waals surface area contributed by atoms with E-state index in [9.17, 15) is 18.0 Å². The number of hydrogen-bond acceptors (Lipinski definition) is 6. The van der Waals surface area contributed by atoms with Gasteiger partial charge in [-0.25, -0.2) is 8.42 Å². The van der Waals surface area contributed by atoms with E-state index in [4.69, 9.17) is 16.3 Å². The highest BCUT2D eigenvalue weighted by Gasteiger charge is 2.34. The van der Waals surface area contributed by atoms with Gasteiger partial charge in [0.15, 0.2) is 6.61 Å². The van der Waals surface area contributed by atoms with Gasteiger partial charge in [0.25, 0.3) is 5.91 Å². The SMILES string of the molecule is CCN(CC)c1ccc(NC(=O)C2CCN(S(=O)(=O)c3cc4c(cc3Cl)NC(=O)CO4)CC2)c(C)c1. The number of carbonyl (C=O) groups excluding carboxylic acids is 2. The van der Waals surface area contributed by atoms with E-state index in [-0.39, 0.29) is 53.1 Å². The smallest absolute Gasteiger partial charge is 0.262 e. The van der Waals surface area contributed by atoms with Gasteiger partial charge < -0.3 is 20.3 Å². The Morgan fingerprint density at radius 3 is 2.53 bits per heavy atom. The maximum Gasteiger partial charge on any atom is 0.262 e. The van der Waals surface area contributed by atoms with E-state index in [2.05, 4.69) is 35.4 Å². The average Bonchev–Trinajstić information content (AvgIpc) is 2.85. The molecule has 36 heavy (non-hydrogen) atoms. The van der Waals surface area contributed by atoms with E-state index in [1.807, 2.05) is 19.1 Å². The van der Waals surface area contributed by atoms with Gasteiger partial charge in [0.1, 0.15) is 10.6 Å². The predicted molar refractivity (Wildman–Crippen MR) is 140 cm³/mol. The first-order valence-electron chi connectivity index (χ1n) is 12.1. The fourth-order valence-corrected chi connectivity index (χ4v) is 6.57. The third-order valence-corrected chi connectivity index (χ3v) is 9.07. The summed E-state index contributed by atoms with van der Waals surface area (Å²) in [6.07, 6.45) is 0.799. The summed E-state index contributed by atoms with van der Waals surface area (Å²) in [5.74, 6) is -0.476. The Hall–Kier alpha value is -2.82. The quantitative estimate of drug-likeness (QED) is 0.558. The van der Waals surface area contributed by atoms with Crippen molar-refractivity contribution < 1.29 is 22.7 Å². The van der Waals surface area contributed by atoms with Gasteiger partial charge in [0.2, 0.25) is 15.9 Å². The molecule has 11 heteroatoms. The summed E-state index contributed by atoms with van der Waals surface area (Å²) in [6.45, 7) is 8.20. The molecule has 2 aliphatic heterocycles. The van der Waals surface area contributed by atoms with Gasteiger partial charge in [-0.2, -0.15) is 4.31 Å². The lowest BCUT2D eigenvalue weighted by atomic mass is 9.97. The number of nitrogens with one attached hydrogen (secondary N) is 2. The maximum atomic E-state index is 13.3. The number of carbonyl (C=O) groups is 2. The average molecular weight is 535 g/mol. The van der Waals surface area contributed by atoms with Gasteiger partial charge in [-0.15, -0.1) is 0 Å². The number of ether oxygens (including phenoxy) is 1. The van der Waals surface area contributed by atoms with Gasteiger partial charge in [-0.3, -0.25) is 9.59 Å². The highest BCUT2D eigenvalue weighted by molar-refractivity contribution is 7.89. The Bertz CT molecular complexity index is 1270. The highest BCUT2D eigenvalue weighted by Crippen LogP contribution is 2.37. The zero-order chi connectivity index (χ0) is 26.0. The Morgan fingerprint density at radius 2 is 1.89 bits per heavy atom. The molecule has 0 aliphatic carbocycles. The largest absolute Gasteiger partial charge is 0.482 e. The normalized spacial score (nSPS) is 16.6. The third-order valence-electron chi connectivity index (χ3n) is 6.71. The minimum Gasteiger partial charge on any atom is -0.482 e. The zero-order valence-electron chi connectivity index (χ0n) is 20.6. The minimum atomic E-state index is -3.90. The Morgan fingerprint density at radius 1 is 1.19 bits per heavy atom. The number of hydrogen-bond donors (Lipinski definition) is 2. The van der Waals surface area contributed by atoms with E-state index in [1.165, 1.54) is 16.4 Å². The molecular weight excluding hydrogens is 504 g/mol. The van der Waals surface area contributed by atoms with Crippen molar-refractivity contribution in [2.75, 3.05) is 48.3 Å². The van der Waals surface area contributed by atoms with E-state index in [1.54, 1.807) is 0 Å². The Kier molecular flexibility index (Phi) is 7.77. The van der Waals surface area contributed by atoms with Crippen LogP contribution in [0.5, 0.6) is 5.75 Å². The number of sulfonamides is 1. The molecular formula is C25H31ClN4O5S. The summed E-state index contributed by atoms with van der Waals surface area (Å²) in [4.78, 5) is 26.6. The molecule has 0 bridgehead atoms. The van der Waals surface area contributed by atoms with Crippen molar-refractivity contribution >= 4 is 50.5 Å². The lowest BCUT2D eigenvalue weighted by Gasteiger charge is -2.31. The van der Waals surface area contributed by atoms with Crippen LogP contribution in [0.4, 0.5) is 17.1 Å². The van der Waals surface area contributed by atoms with Crippen LogP contribution in [0.2, 0.25) is 5.02 Å². The molecule has 194 valence electrons. The van der Waals surface area contributed by atoms with Gasteiger partial charge in [0, 0.05) is 49.5 Å². The van der Waals surface area contributed by atoms with Crippen molar-refractivity contribution in [3.8, 4) is 5.75 Å². The van der Waals surface area contributed by atoms with Crippen LogP contribution in [-0.4, -0.2) is 57.3 Å². The Labute approximate surface area is 216 Å². The number of amides is 2. The number of rotatable bonds is 7. The van der Waals surface area contributed by atoms with Crippen molar-refractivity contribution in [3.63, 3.8) is 0 Å². The number of nitrogens with zero attached hydrogens (tertiary/aromatic N) is 2. The van der Waals surface area contributed by atoms with Crippen molar-refractivity contribution in [1.82, 2.24) is 4.31 Å². The molecule has 2 aromatic rings. The number of piperidine rings is 1. The van der Waals surface area contributed by atoms with Gasteiger partial charge >= 0.3 is 0 Å². The maximum absolute atomic E-state index is 13.3. The zero-order valence-corrected chi connectivity index (χ0v) is 22.2. The molecule has 2 N–H and O–H groups in total. The highest BCUT2D eigenvalue weighted by atomic mass is 35.5. The molecule has 0 aromatic heterocycles. The molecule has 0 spiro atoms. The minimum absolute atomic E-state index is 0.00282. The van der Waals surface area contributed by atoms with E-state index in [0.29, 0.717) is 18.5 Å². The molecule has 0 radical (unpaired) electrons. The molecule has 0 unspecified atom stereocenters. The fraction of sp³-hybridized carbons (Fsp3) is 0.440. The van der Waals surface area contributed by atoms with Gasteiger partial charge in [-0.1, -0.05) is 11.6 Å². The van der Waals surface area contributed by atoms with E-state index < -0.39 is 10.0 Å². The number of anilines is 3. The standard InChI is InChI=1S/C25H31ClN4O5S/c1-4-29(5-2)18-6-7-20(16(3)12-18)28-25(32)17-8-10-30(11-9-17)36(33,34)23-14-22-21(13-19(23)26)27-24(31)15-35-22/h6-7,12-14,17H,4-5,8-11,15H2,1-3H3,(H,27,31)(H,28,32). The summed E-state index contributed by atoms with van der Waals surface area (Å²) < 4.78 is 33.3. The molecule has 1 fully saturated rings. The van der Waals surface area contributed by atoms with Gasteiger partial charge in [0.05, 0.1) is 10.7 Å². The molecule has 4 rings (SSSR count). The molecule has 2 heterocycles. The lowest BCUT2D eigenvalue weighted by molar-refractivity contribution is -0.121. The van der Waals surface area contributed by atoms with E-state index >= 15 is 0 Å². The first-order chi connectivity index (χ1) is 17.1. The number of halogens is 1. The summed E-state index contributed by atoms with van der Waals surface area (Å²) >= 11 is 6.27. The number of benzene rings is 2. The fourth-order valence-electron chi connectivity index (χ4n) is 4.58. The van der Waals surface area contributed by atoms with E-state index in [0.717, 1.165) is 30.0 Å². The van der Waals surface area contributed by atoms with Crippen LogP contribution >= 0.6 is 11.6 Å². The lowest BCUT2D eigenvalue weighted by Crippen LogP contribution is -2.41. The van der Waals surface area contributed by atoms with Crippen molar-refractivity contribution in [2.45, 2.75) is 38.5 Å².